The van der Waals surface area contributed by atoms with Crippen molar-refractivity contribution in [2.45, 2.75) is 6.42 Å². The first kappa shape index (κ1) is 10.4. The van der Waals surface area contributed by atoms with Gasteiger partial charge in [-0.2, -0.15) is 5.26 Å². The van der Waals surface area contributed by atoms with Crippen LogP contribution in [0.4, 0.5) is 0 Å². The van der Waals surface area contributed by atoms with Gasteiger partial charge in [-0.1, -0.05) is 30.3 Å². The van der Waals surface area contributed by atoms with Gasteiger partial charge in [0.25, 0.3) is 0 Å². The molecule has 0 aliphatic heterocycles. The summed E-state index contributed by atoms with van der Waals surface area (Å²) in [4.78, 5) is 1.96. The van der Waals surface area contributed by atoms with Crippen LogP contribution in [-0.2, 0) is 6.42 Å². The minimum absolute atomic E-state index is 0.751. The molecule has 3 heteroatoms. The molecule has 0 radical (unpaired) electrons. The molecule has 0 unspecified atom stereocenters. The maximum absolute atomic E-state index is 8.83. The molecule has 0 aliphatic rings. The molecule has 0 spiro atoms. The normalized spacial score (nSPS) is 9.87. The highest BCUT2D eigenvalue weighted by Crippen LogP contribution is 2.28. The molecular formula is C12H8BrNS. The number of thiophene rings is 1. The van der Waals surface area contributed by atoms with E-state index >= 15 is 0 Å². The van der Waals surface area contributed by atoms with Crippen molar-refractivity contribution in [2.24, 2.45) is 0 Å². The second-order valence-electron chi connectivity index (χ2n) is 3.16. The Morgan fingerprint density at radius 3 is 2.60 bits per heavy atom. The summed E-state index contributed by atoms with van der Waals surface area (Å²) in [6, 6.07) is 14.5. The molecule has 0 atom stereocenters. The average molecular weight is 278 g/mol. The Kier molecular flexibility index (Phi) is 3.20. The van der Waals surface area contributed by atoms with E-state index < -0.39 is 0 Å². The molecule has 0 amide bonds. The van der Waals surface area contributed by atoms with Crippen molar-refractivity contribution in [3.63, 3.8) is 0 Å². The lowest BCUT2D eigenvalue weighted by atomic mass is 10.1. The standard InChI is InChI=1S/C12H8BrNS/c13-11-7-10(15-12(11)8-14)6-9-4-2-1-3-5-9/h1-5,7H,6H2. The maximum atomic E-state index is 8.83. The SMILES string of the molecule is N#Cc1sc(Cc2ccccc2)cc1Br. The quantitative estimate of drug-likeness (QED) is 0.815. The van der Waals surface area contributed by atoms with Gasteiger partial charge in [-0.15, -0.1) is 11.3 Å². The van der Waals surface area contributed by atoms with E-state index in [0.29, 0.717) is 0 Å². The minimum Gasteiger partial charge on any atom is -0.191 e. The van der Waals surface area contributed by atoms with Gasteiger partial charge in [0.1, 0.15) is 10.9 Å². The molecule has 1 nitrogen and oxygen atoms in total. The Bertz CT molecular complexity index is 496. The molecule has 74 valence electrons. The van der Waals surface area contributed by atoms with Crippen LogP contribution in [0.15, 0.2) is 40.9 Å². The van der Waals surface area contributed by atoms with E-state index in [0.717, 1.165) is 15.8 Å². The Hall–Kier alpha value is -1.11. The Morgan fingerprint density at radius 2 is 2.00 bits per heavy atom. The van der Waals surface area contributed by atoms with Gasteiger partial charge in [0.2, 0.25) is 0 Å². The van der Waals surface area contributed by atoms with Crippen molar-refractivity contribution in [1.29, 1.82) is 5.26 Å². The third kappa shape index (κ3) is 2.47. The molecule has 15 heavy (non-hydrogen) atoms. The van der Waals surface area contributed by atoms with Crippen LogP contribution in [0.2, 0.25) is 0 Å². The van der Waals surface area contributed by atoms with Crippen LogP contribution < -0.4 is 0 Å². The highest BCUT2D eigenvalue weighted by Gasteiger charge is 2.06. The first-order valence-corrected chi connectivity index (χ1v) is 6.13. The van der Waals surface area contributed by atoms with Crippen molar-refractivity contribution in [3.8, 4) is 6.07 Å². The first-order valence-electron chi connectivity index (χ1n) is 4.52. The number of nitriles is 1. The Labute approximate surface area is 101 Å². The van der Waals surface area contributed by atoms with Gasteiger partial charge in [-0.25, -0.2) is 0 Å². The Morgan fingerprint density at radius 1 is 1.27 bits per heavy atom. The zero-order chi connectivity index (χ0) is 10.7. The summed E-state index contributed by atoms with van der Waals surface area (Å²) in [7, 11) is 0. The zero-order valence-corrected chi connectivity index (χ0v) is 10.3. The molecule has 0 saturated carbocycles. The molecule has 0 aliphatic carbocycles. The van der Waals surface area contributed by atoms with Gasteiger partial charge in [0, 0.05) is 15.8 Å². The van der Waals surface area contributed by atoms with Gasteiger partial charge in [0.15, 0.2) is 0 Å². The van der Waals surface area contributed by atoms with Crippen LogP contribution in [0.5, 0.6) is 0 Å². The smallest absolute Gasteiger partial charge is 0.119 e. The van der Waals surface area contributed by atoms with Crippen LogP contribution >= 0.6 is 27.3 Å². The van der Waals surface area contributed by atoms with E-state index in [9.17, 15) is 0 Å². The van der Waals surface area contributed by atoms with Crippen molar-refractivity contribution in [1.82, 2.24) is 0 Å². The fourth-order valence-corrected chi connectivity index (χ4v) is 3.02. The van der Waals surface area contributed by atoms with E-state index in [1.54, 1.807) is 11.3 Å². The predicted octanol–water partition coefficient (Wildman–Crippen LogP) is 3.97. The number of nitrogens with zero attached hydrogens (tertiary/aromatic N) is 1. The first-order chi connectivity index (χ1) is 7.29. The number of hydrogen-bond acceptors (Lipinski definition) is 2. The molecule has 2 rings (SSSR count). The van der Waals surface area contributed by atoms with Gasteiger partial charge in [0.05, 0.1) is 0 Å². The maximum Gasteiger partial charge on any atom is 0.119 e. The topological polar surface area (TPSA) is 23.8 Å². The second-order valence-corrected chi connectivity index (χ2v) is 5.16. The molecule has 1 heterocycles. The minimum atomic E-state index is 0.751. The van der Waals surface area contributed by atoms with E-state index in [4.69, 9.17) is 5.26 Å². The fraction of sp³-hybridized carbons (Fsp3) is 0.0833. The van der Waals surface area contributed by atoms with E-state index in [-0.39, 0.29) is 0 Å². The van der Waals surface area contributed by atoms with Crippen molar-refractivity contribution in [3.05, 3.63) is 56.2 Å². The van der Waals surface area contributed by atoms with Crippen LogP contribution in [0.25, 0.3) is 0 Å². The second kappa shape index (κ2) is 4.61. The lowest BCUT2D eigenvalue weighted by Crippen LogP contribution is -1.81. The highest BCUT2D eigenvalue weighted by molar-refractivity contribution is 9.10. The molecule has 0 N–H and O–H groups in total. The molecule has 0 bridgehead atoms. The van der Waals surface area contributed by atoms with E-state index in [1.165, 1.54) is 10.4 Å². The van der Waals surface area contributed by atoms with E-state index in [2.05, 4.69) is 34.1 Å². The molecular weight excluding hydrogens is 270 g/mol. The molecule has 0 fully saturated rings. The molecule has 1 aromatic heterocycles. The van der Waals surface area contributed by atoms with Gasteiger partial charge >= 0.3 is 0 Å². The molecule has 2 aromatic rings. The van der Waals surface area contributed by atoms with E-state index in [1.807, 2.05) is 24.3 Å². The number of benzene rings is 1. The highest BCUT2D eigenvalue weighted by atomic mass is 79.9. The average Bonchev–Trinajstić information content (AvgIpc) is 2.60. The third-order valence-electron chi connectivity index (χ3n) is 2.06. The van der Waals surface area contributed by atoms with Crippen molar-refractivity contribution < 1.29 is 0 Å². The van der Waals surface area contributed by atoms with Crippen LogP contribution in [0.1, 0.15) is 15.3 Å². The fourth-order valence-electron chi connectivity index (χ4n) is 1.38. The summed E-state index contributed by atoms with van der Waals surface area (Å²) in [6.45, 7) is 0. The number of hydrogen-bond donors (Lipinski definition) is 0. The lowest BCUT2D eigenvalue weighted by Gasteiger charge is -1.96. The van der Waals surface area contributed by atoms with Gasteiger partial charge < -0.3 is 0 Å². The van der Waals surface area contributed by atoms with Crippen molar-refractivity contribution >= 4 is 27.3 Å². The molecule has 1 aromatic carbocycles. The Balaban J connectivity index is 2.23. The summed E-state index contributed by atoms with van der Waals surface area (Å²) in [5.41, 5.74) is 1.27. The van der Waals surface area contributed by atoms with Crippen molar-refractivity contribution in [2.75, 3.05) is 0 Å². The lowest BCUT2D eigenvalue weighted by molar-refractivity contribution is 1.24. The van der Waals surface area contributed by atoms with Gasteiger partial charge in [-0.05, 0) is 27.6 Å². The van der Waals surface area contributed by atoms with Crippen LogP contribution in [-0.4, -0.2) is 0 Å². The zero-order valence-electron chi connectivity index (χ0n) is 7.90. The van der Waals surface area contributed by atoms with Crippen LogP contribution in [0, 0.1) is 11.3 Å². The summed E-state index contributed by atoms with van der Waals surface area (Å²) in [5.74, 6) is 0. The summed E-state index contributed by atoms with van der Waals surface area (Å²) >= 11 is 4.92. The van der Waals surface area contributed by atoms with Gasteiger partial charge in [-0.3, -0.25) is 0 Å². The predicted molar refractivity (Wildman–Crippen MR) is 66.0 cm³/mol. The molecule has 0 saturated heterocycles. The number of halogens is 1. The largest absolute Gasteiger partial charge is 0.191 e. The summed E-state index contributed by atoms with van der Waals surface area (Å²) in [5, 5.41) is 8.83. The third-order valence-corrected chi connectivity index (χ3v) is 3.99. The monoisotopic (exact) mass is 277 g/mol. The summed E-state index contributed by atoms with van der Waals surface area (Å²) in [6.07, 6.45) is 0.895. The van der Waals surface area contributed by atoms with Crippen LogP contribution in [0.3, 0.4) is 0 Å². The summed E-state index contributed by atoms with van der Waals surface area (Å²) < 4.78 is 0.904. The number of rotatable bonds is 2.